The van der Waals surface area contributed by atoms with E-state index in [-0.39, 0.29) is 0 Å². The lowest BCUT2D eigenvalue weighted by molar-refractivity contribution is 1.42. The van der Waals surface area contributed by atoms with Crippen molar-refractivity contribution in [1.82, 2.24) is 9.97 Å². The number of aromatic nitrogens is 2. The number of rotatable bonds is 1. The average molecular weight is 236 g/mol. The van der Waals surface area contributed by atoms with E-state index in [4.69, 9.17) is 5.73 Å². The molecule has 0 saturated heterocycles. The highest BCUT2D eigenvalue weighted by molar-refractivity contribution is 7.25. The van der Waals surface area contributed by atoms with Gasteiger partial charge in [-0.05, 0) is 12.1 Å². The molecule has 3 N–H and O–H groups in total. The first-order valence-electron chi connectivity index (χ1n) is 4.41. The molecule has 6 heteroatoms. The molecule has 3 aromatic rings. The molecule has 0 aliphatic rings. The third-order valence-corrected chi connectivity index (χ3v) is 4.09. The first kappa shape index (κ1) is 8.87. The predicted octanol–water partition coefficient (Wildman–Crippen LogP) is 2.53. The second kappa shape index (κ2) is 3.04. The van der Waals surface area contributed by atoms with Crippen LogP contribution in [0.3, 0.4) is 0 Å². The molecule has 0 fully saturated rings. The van der Waals surface area contributed by atoms with Gasteiger partial charge < -0.3 is 11.1 Å². The van der Waals surface area contributed by atoms with Crippen molar-refractivity contribution in [2.45, 2.75) is 0 Å². The fraction of sp³-hybridized carbons (Fsp3) is 0.111. The highest BCUT2D eigenvalue weighted by Gasteiger charge is 2.09. The van der Waals surface area contributed by atoms with Crippen molar-refractivity contribution in [2.75, 3.05) is 18.1 Å². The zero-order valence-electron chi connectivity index (χ0n) is 7.94. The molecular formula is C9H8N4S2. The lowest BCUT2D eigenvalue weighted by atomic mass is 10.3. The van der Waals surface area contributed by atoms with Crippen molar-refractivity contribution in [3.63, 3.8) is 0 Å². The largest absolute Gasteiger partial charge is 0.375 e. The van der Waals surface area contributed by atoms with E-state index in [2.05, 4.69) is 15.3 Å². The molecule has 0 unspecified atom stereocenters. The number of nitrogens with zero attached hydrogens (tertiary/aromatic N) is 2. The van der Waals surface area contributed by atoms with E-state index in [0.29, 0.717) is 5.13 Å². The van der Waals surface area contributed by atoms with Gasteiger partial charge in [-0.1, -0.05) is 22.7 Å². The summed E-state index contributed by atoms with van der Waals surface area (Å²) in [5, 5.41) is 4.56. The molecule has 0 aliphatic heterocycles. The molecule has 0 spiro atoms. The van der Waals surface area contributed by atoms with Crippen LogP contribution >= 0.6 is 22.7 Å². The zero-order chi connectivity index (χ0) is 10.4. The molecule has 0 saturated carbocycles. The second-order valence-corrected chi connectivity index (χ2v) is 5.14. The van der Waals surface area contributed by atoms with Crippen LogP contribution in [-0.4, -0.2) is 17.0 Å². The van der Waals surface area contributed by atoms with Crippen LogP contribution in [0, 0.1) is 0 Å². The summed E-state index contributed by atoms with van der Waals surface area (Å²) in [5.74, 6) is 0. The minimum atomic E-state index is 0.594. The fourth-order valence-corrected chi connectivity index (χ4v) is 3.22. The summed E-state index contributed by atoms with van der Waals surface area (Å²) in [7, 11) is 1.87. The number of benzene rings is 1. The van der Waals surface area contributed by atoms with Gasteiger partial charge in [0.25, 0.3) is 0 Å². The molecule has 0 radical (unpaired) electrons. The summed E-state index contributed by atoms with van der Waals surface area (Å²) < 4.78 is 2.23. The number of fused-ring (bicyclic) bond motifs is 3. The van der Waals surface area contributed by atoms with Crippen molar-refractivity contribution in [1.29, 1.82) is 0 Å². The lowest BCUT2D eigenvalue weighted by Crippen LogP contribution is -1.84. The van der Waals surface area contributed by atoms with Gasteiger partial charge in [0, 0.05) is 7.05 Å². The molecule has 0 aliphatic carbocycles. The molecule has 2 heterocycles. The molecule has 0 bridgehead atoms. The van der Waals surface area contributed by atoms with E-state index >= 15 is 0 Å². The maximum atomic E-state index is 5.69. The number of hydrogen-bond acceptors (Lipinski definition) is 6. The standard InChI is InChI=1S/C9H8N4S2/c1-11-9-13-6-5(14-9)3-2-4-7(6)15-8(10)12-4/h2-3H,1H3,(H2,10,12)(H,11,13). The van der Waals surface area contributed by atoms with Gasteiger partial charge in [0.05, 0.1) is 14.9 Å². The van der Waals surface area contributed by atoms with Gasteiger partial charge in [0.2, 0.25) is 0 Å². The number of nitrogen functional groups attached to an aromatic ring is 1. The van der Waals surface area contributed by atoms with Gasteiger partial charge in [0.1, 0.15) is 5.52 Å². The molecule has 0 amide bonds. The van der Waals surface area contributed by atoms with Crippen molar-refractivity contribution in [3.8, 4) is 0 Å². The maximum Gasteiger partial charge on any atom is 0.183 e. The molecular weight excluding hydrogens is 228 g/mol. The number of nitrogens with two attached hydrogens (primary N) is 1. The second-order valence-electron chi connectivity index (χ2n) is 3.08. The predicted molar refractivity (Wildman–Crippen MR) is 66.8 cm³/mol. The Morgan fingerprint density at radius 1 is 1.27 bits per heavy atom. The van der Waals surface area contributed by atoms with Gasteiger partial charge in [-0.2, -0.15) is 0 Å². The molecule has 1 aromatic carbocycles. The minimum Gasteiger partial charge on any atom is -0.375 e. The van der Waals surface area contributed by atoms with Crippen LogP contribution in [0.25, 0.3) is 20.4 Å². The molecule has 2 aromatic heterocycles. The van der Waals surface area contributed by atoms with E-state index in [1.165, 1.54) is 11.3 Å². The number of thiazole rings is 2. The van der Waals surface area contributed by atoms with Crippen molar-refractivity contribution < 1.29 is 0 Å². The molecule has 15 heavy (non-hydrogen) atoms. The third-order valence-electron chi connectivity index (χ3n) is 2.14. The van der Waals surface area contributed by atoms with Crippen LogP contribution in [0.4, 0.5) is 10.3 Å². The highest BCUT2D eigenvalue weighted by atomic mass is 32.1. The Morgan fingerprint density at radius 2 is 2.13 bits per heavy atom. The van der Waals surface area contributed by atoms with E-state index < -0.39 is 0 Å². The molecule has 4 nitrogen and oxygen atoms in total. The monoisotopic (exact) mass is 236 g/mol. The quantitative estimate of drug-likeness (QED) is 0.681. The summed E-state index contributed by atoms with van der Waals surface area (Å²) in [6.45, 7) is 0. The number of hydrogen-bond donors (Lipinski definition) is 2. The average Bonchev–Trinajstić information content (AvgIpc) is 2.78. The van der Waals surface area contributed by atoms with Crippen molar-refractivity contribution in [3.05, 3.63) is 12.1 Å². The lowest BCUT2D eigenvalue weighted by Gasteiger charge is -1.87. The van der Waals surface area contributed by atoms with Crippen molar-refractivity contribution in [2.24, 2.45) is 0 Å². The first-order chi connectivity index (χ1) is 7.28. The van der Waals surface area contributed by atoms with E-state index in [0.717, 1.165) is 25.6 Å². The van der Waals surface area contributed by atoms with E-state index in [9.17, 15) is 0 Å². The van der Waals surface area contributed by atoms with Gasteiger partial charge >= 0.3 is 0 Å². The summed E-state index contributed by atoms with van der Waals surface area (Å²) in [6.07, 6.45) is 0. The van der Waals surface area contributed by atoms with Gasteiger partial charge in [-0.3, -0.25) is 0 Å². The minimum absolute atomic E-state index is 0.594. The maximum absolute atomic E-state index is 5.69. The summed E-state index contributed by atoms with van der Waals surface area (Å²) >= 11 is 3.13. The van der Waals surface area contributed by atoms with Crippen LogP contribution in [-0.2, 0) is 0 Å². The Bertz CT molecular complexity index is 640. The van der Waals surface area contributed by atoms with Crippen LogP contribution < -0.4 is 11.1 Å². The highest BCUT2D eigenvalue weighted by Crippen LogP contribution is 2.35. The van der Waals surface area contributed by atoms with E-state index in [1.807, 2.05) is 19.2 Å². The van der Waals surface area contributed by atoms with Gasteiger partial charge in [-0.25, -0.2) is 9.97 Å². The number of nitrogens with one attached hydrogen (secondary N) is 1. The zero-order valence-corrected chi connectivity index (χ0v) is 9.58. The summed E-state index contributed by atoms with van der Waals surface area (Å²) in [6, 6.07) is 4.03. The van der Waals surface area contributed by atoms with Gasteiger partial charge in [0.15, 0.2) is 10.3 Å². The van der Waals surface area contributed by atoms with Crippen LogP contribution in [0.5, 0.6) is 0 Å². The summed E-state index contributed by atoms with van der Waals surface area (Å²) in [5.41, 5.74) is 7.61. The van der Waals surface area contributed by atoms with E-state index in [1.54, 1.807) is 11.3 Å². The fourth-order valence-electron chi connectivity index (χ4n) is 1.50. The first-order valence-corrected chi connectivity index (χ1v) is 6.04. The Balaban J connectivity index is 2.46. The van der Waals surface area contributed by atoms with Crippen LogP contribution in [0.1, 0.15) is 0 Å². The molecule has 3 rings (SSSR count). The Kier molecular flexibility index (Phi) is 1.80. The smallest absolute Gasteiger partial charge is 0.183 e. The van der Waals surface area contributed by atoms with Crippen LogP contribution in [0.15, 0.2) is 12.1 Å². The Morgan fingerprint density at radius 3 is 2.93 bits per heavy atom. The summed E-state index contributed by atoms with van der Waals surface area (Å²) in [4.78, 5) is 8.73. The normalized spacial score (nSPS) is 11.3. The van der Waals surface area contributed by atoms with Gasteiger partial charge in [-0.15, -0.1) is 0 Å². The topological polar surface area (TPSA) is 63.8 Å². The SMILES string of the molecule is CNc1nc2c(ccc3nc(N)sc32)s1. The third kappa shape index (κ3) is 1.25. The Labute approximate surface area is 93.8 Å². The molecule has 0 atom stereocenters. The number of anilines is 2. The molecule has 76 valence electrons. The van der Waals surface area contributed by atoms with Crippen LogP contribution in [0.2, 0.25) is 0 Å². The Hall–Kier alpha value is -1.40. The van der Waals surface area contributed by atoms with Crippen molar-refractivity contribution >= 4 is 53.4 Å².